The standard InChI is InChI=1S/C13H20N/c1-3-4-5-6-9-12-10-7-8-11-13(12)14-2/h7-8,11,14H,3-6,9H2,1-2H3. The Morgan fingerprint density at radius 3 is 2.86 bits per heavy atom. The van der Waals surface area contributed by atoms with Gasteiger partial charge in [0.05, 0.1) is 0 Å². The Labute approximate surface area is 87.5 Å². The number of hydrogen-bond acceptors (Lipinski definition) is 1. The van der Waals surface area contributed by atoms with E-state index in [4.69, 9.17) is 0 Å². The highest BCUT2D eigenvalue weighted by atomic mass is 14.8. The molecule has 0 amide bonds. The van der Waals surface area contributed by atoms with Crippen LogP contribution >= 0.6 is 0 Å². The summed E-state index contributed by atoms with van der Waals surface area (Å²) >= 11 is 0. The van der Waals surface area contributed by atoms with Crippen molar-refractivity contribution >= 4 is 5.69 Å². The lowest BCUT2D eigenvalue weighted by Gasteiger charge is -2.07. The largest absolute Gasteiger partial charge is 0.388 e. The first-order chi connectivity index (χ1) is 6.88. The van der Waals surface area contributed by atoms with Gasteiger partial charge in [0.25, 0.3) is 0 Å². The van der Waals surface area contributed by atoms with E-state index in [0.29, 0.717) is 0 Å². The lowest BCUT2D eigenvalue weighted by atomic mass is 10.0. The van der Waals surface area contributed by atoms with Crippen molar-refractivity contribution in [3.63, 3.8) is 0 Å². The molecule has 0 bridgehead atoms. The molecule has 77 valence electrons. The Bertz CT molecular complexity index is 255. The molecule has 1 aromatic carbocycles. The number of hydrogen-bond donors (Lipinski definition) is 1. The zero-order valence-electron chi connectivity index (χ0n) is 9.27. The highest BCUT2D eigenvalue weighted by molar-refractivity contribution is 5.49. The molecule has 1 radical (unpaired) electrons. The van der Waals surface area contributed by atoms with E-state index in [0.717, 1.165) is 6.42 Å². The zero-order valence-corrected chi connectivity index (χ0v) is 9.27. The molecule has 1 rings (SSSR count). The van der Waals surface area contributed by atoms with Crippen LogP contribution < -0.4 is 5.32 Å². The van der Waals surface area contributed by atoms with Crippen molar-refractivity contribution in [3.05, 3.63) is 29.8 Å². The monoisotopic (exact) mass is 190 g/mol. The average Bonchev–Trinajstić information content (AvgIpc) is 2.25. The number of aryl methyl sites for hydroxylation is 1. The van der Waals surface area contributed by atoms with Crippen LogP contribution in [0.4, 0.5) is 5.69 Å². The summed E-state index contributed by atoms with van der Waals surface area (Å²) < 4.78 is 0. The quantitative estimate of drug-likeness (QED) is 0.675. The molecule has 0 atom stereocenters. The van der Waals surface area contributed by atoms with E-state index in [2.05, 4.69) is 24.4 Å². The van der Waals surface area contributed by atoms with Crippen LogP contribution in [0.2, 0.25) is 0 Å². The third-order valence-corrected chi connectivity index (χ3v) is 2.49. The van der Waals surface area contributed by atoms with Gasteiger partial charge in [0.15, 0.2) is 0 Å². The van der Waals surface area contributed by atoms with Crippen molar-refractivity contribution in [2.45, 2.75) is 39.0 Å². The summed E-state index contributed by atoms with van der Waals surface area (Å²) in [5.41, 5.74) is 2.55. The second-order valence-corrected chi connectivity index (χ2v) is 3.62. The van der Waals surface area contributed by atoms with Crippen LogP contribution in [0.5, 0.6) is 0 Å². The van der Waals surface area contributed by atoms with Gasteiger partial charge in [-0.1, -0.05) is 38.3 Å². The van der Waals surface area contributed by atoms with Crippen LogP contribution in [0.1, 0.15) is 38.2 Å². The Morgan fingerprint density at radius 1 is 1.29 bits per heavy atom. The number of nitrogens with one attached hydrogen (secondary N) is 1. The third-order valence-electron chi connectivity index (χ3n) is 2.49. The predicted molar refractivity (Wildman–Crippen MR) is 62.7 cm³/mol. The second kappa shape index (κ2) is 6.47. The third kappa shape index (κ3) is 3.41. The maximum atomic E-state index is 3.30. The van der Waals surface area contributed by atoms with Crippen molar-refractivity contribution in [3.8, 4) is 0 Å². The second-order valence-electron chi connectivity index (χ2n) is 3.62. The van der Waals surface area contributed by atoms with Crippen molar-refractivity contribution in [1.29, 1.82) is 0 Å². The molecule has 0 unspecified atom stereocenters. The number of unbranched alkanes of at least 4 members (excludes halogenated alkanes) is 3. The zero-order chi connectivity index (χ0) is 10.2. The van der Waals surface area contributed by atoms with Gasteiger partial charge < -0.3 is 5.32 Å². The van der Waals surface area contributed by atoms with Gasteiger partial charge in [0, 0.05) is 12.7 Å². The first-order valence-electron chi connectivity index (χ1n) is 5.55. The van der Waals surface area contributed by atoms with Crippen molar-refractivity contribution in [1.82, 2.24) is 0 Å². The molecule has 0 fully saturated rings. The molecule has 0 aliphatic heterocycles. The summed E-state index contributed by atoms with van der Waals surface area (Å²) in [5.74, 6) is 0. The molecule has 1 nitrogen and oxygen atoms in total. The fourth-order valence-corrected chi connectivity index (χ4v) is 1.64. The first kappa shape index (κ1) is 11.1. The van der Waals surface area contributed by atoms with Gasteiger partial charge in [0.2, 0.25) is 0 Å². The normalized spacial score (nSPS) is 10.1. The molecule has 0 saturated heterocycles. The Morgan fingerprint density at radius 2 is 2.14 bits per heavy atom. The SMILES string of the molecule is CCCCCCc1[c]cccc1NC. The number of benzene rings is 1. The summed E-state index contributed by atoms with van der Waals surface area (Å²) in [7, 11) is 1.97. The maximum Gasteiger partial charge on any atom is 0.0376 e. The molecular weight excluding hydrogens is 170 g/mol. The summed E-state index contributed by atoms with van der Waals surface area (Å²) in [4.78, 5) is 0. The smallest absolute Gasteiger partial charge is 0.0376 e. The summed E-state index contributed by atoms with van der Waals surface area (Å²) in [6.07, 6.45) is 6.42. The minimum absolute atomic E-state index is 1.15. The van der Waals surface area contributed by atoms with Gasteiger partial charge >= 0.3 is 0 Å². The van der Waals surface area contributed by atoms with E-state index < -0.39 is 0 Å². The molecule has 0 spiro atoms. The van der Waals surface area contributed by atoms with E-state index in [1.165, 1.54) is 36.9 Å². The number of anilines is 1. The molecule has 1 N–H and O–H groups in total. The van der Waals surface area contributed by atoms with Gasteiger partial charge in [-0.25, -0.2) is 0 Å². The average molecular weight is 190 g/mol. The number of rotatable bonds is 6. The summed E-state index contributed by atoms with van der Waals surface area (Å²) in [6, 6.07) is 9.44. The van der Waals surface area contributed by atoms with Gasteiger partial charge in [-0.3, -0.25) is 0 Å². The van der Waals surface area contributed by atoms with Crippen molar-refractivity contribution in [2.24, 2.45) is 0 Å². The molecule has 0 saturated carbocycles. The topological polar surface area (TPSA) is 12.0 Å². The molecular formula is C13H20N. The van der Waals surface area contributed by atoms with E-state index in [9.17, 15) is 0 Å². The highest BCUT2D eigenvalue weighted by Gasteiger charge is 1.98. The Balaban J connectivity index is 2.41. The van der Waals surface area contributed by atoms with Crippen molar-refractivity contribution in [2.75, 3.05) is 12.4 Å². The first-order valence-corrected chi connectivity index (χ1v) is 5.55. The van der Waals surface area contributed by atoms with Gasteiger partial charge in [-0.05, 0) is 30.5 Å². The molecule has 1 heteroatoms. The fraction of sp³-hybridized carbons (Fsp3) is 0.538. The molecule has 14 heavy (non-hydrogen) atoms. The summed E-state index contributed by atoms with van der Waals surface area (Å²) in [6.45, 7) is 2.24. The Kier molecular flexibility index (Phi) is 5.13. The van der Waals surface area contributed by atoms with Gasteiger partial charge in [-0.2, -0.15) is 0 Å². The Hall–Kier alpha value is -0.980. The van der Waals surface area contributed by atoms with E-state index in [-0.39, 0.29) is 0 Å². The van der Waals surface area contributed by atoms with Crippen LogP contribution in [-0.4, -0.2) is 7.05 Å². The maximum absolute atomic E-state index is 3.30. The van der Waals surface area contributed by atoms with Gasteiger partial charge in [-0.15, -0.1) is 0 Å². The lowest BCUT2D eigenvalue weighted by molar-refractivity contribution is 0.667. The fourth-order valence-electron chi connectivity index (χ4n) is 1.64. The van der Waals surface area contributed by atoms with Crippen LogP contribution in [-0.2, 0) is 6.42 Å². The van der Waals surface area contributed by atoms with Crippen LogP contribution in [0.15, 0.2) is 18.2 Å². The molecule has 0 aliphatic carbocycles. The van der Waals surface area contributed by atoms with Crippen LogP contribution in [0.3, 0.4) is 0 Å². The predicted octanol–water partition coefficient (Wildman–Crippen LogP) is 3.65. The lowest BCUT2D eigenvalue weighted by Crippen LogP contribution is -1.95. The van der Waals surface area contributed by atoms with Gasteiger partial charge in [0.1, 0.15) is 0 Å². The molecule has 1 aromatic rings. The molecule has 0 aliphatic rings. The highest BCUT2D eigenvalue weighted by Crippen LogP contribution is 2.16. The van der Waals surface area contributed by atoms with Crippen LogP contribution in [0, 0.1) is 6.07 Å². The van der Waals surface area contributed by atoms with E-state index >= 15 is 0 Å². The minimum Gasteiger partial charge on any atom is -0.388 e. The van der Waals surface area contributed by atoms with E-state index in [1.54, 1.807) is 0 Å². The molecule has 0 heterocycles. The molecule has 0 aromatic heterocycles. The summed E-state index contributed by atoms with van der Waals surface area (Å²) in [5, 5.41) is 3.21. The van der Waals surface area contributed by atoms with Crippen LogP contribution in [0.25, 0.3) is 0 Å². The van der Waals surface area contributed by atoms with Crippen molar-refractivity contribution < 1.29 is 0 Å². The van der Waals surface area contributed by atoms with E-state index in [1.807, 2.05) is 19.2 Å². The minimum atomic E-state index is 1.15.